The molecule has 1 unspecified atom stereocenters. The van der Waals surface area contributed by atoms with Crippen molar-refractivity contribution in [2.24, 2.45) is 0 Å². The van der Waals surface area contributed by atoms with E-state index in [0.29, 0.717) is 22.9 Å². The molecule has 0 fully saturated rings. The summed E-state index contributed by atoms with van der Waals surface area (Å²) in [6.07, 6.45) is 0.934. The molecule has 156 valence electrons. The predicted octanol–water partition coefficient (Wildman–Crippen LogP) is 5.26. The van der Waals surface area contributed by atoms with Crippen LogP contribution < -0.4 is 5.32 Å². The number of carbonyl (C=O) groups excluding carboxylic acids is 2. The Morgan fingerprint density at radius 2 is 1.66 bits per heavy atom. The lowest BCUT2D eigenvalue weighted by atomic mass is 10.1. The van der Waals surface area contributed by atoms with E-state index >= 15 is 0 Å². The number of hydrogen-bond donors (Lipinski definition) is 1. The average Bonchev–Trinajstić information content (AvgIpc) is 2.66. The number of amides is 2. The van der Waals surface area contributed by atoms with Crippen LogP contribution in [0.15, 0.2) is 48.5 Å². The largest absolute Gasteiger partial charge is 0.350 e. The number of hydrogen-bond acceptors (Lipinski definition) is 2. The Morgan fingerprint density at radius 3 is 2.24 bits per heavy atom. The van der Waals surface area contributed by atoms with Gasteiger partial charge in [0.05, 0.1) is 10.0 Å². The van der Waals surface area contributed by atoms with Crippen LogP contribution in [0.1, 0.15) is 45.2 Å². The molecule has 2 amide bonds. The average molecular weight is 435 g/mol. The molecule has 0 aliphatic heterocycles. The van der Waals surface area contributed by atoms with Crippen molar-refractivity contribution in [1.29, 1.82) is 0 Å². The van der Waals surface area contributed by atoms with E-state index in [0.717, 1.165) is 11.1 Å². The number of benzene rings is 2. The minimum Gasteiger partial charge on any atom is -0.350 e. The summed E-state index contributed by atoms with van der Waals surface area (Å²) in [6.45, 7) is 7.77. The first-order valence-corrected chi connectivity index (χ1v) is 10.4. The summed E-state index contributed by atoms with van der Waals surface area (Å²) in [5.41, 5.74) is 1.53. The van der Waals surface area contributed by atoms with Gasteiger partial charge < -0.3 is 10.2 Å². The second kappa shape index (κ2) is 10.1. The van der Waals surface area contributed by atoms with Gasteiger partial charge in [0.1, 0.15) is 6.04 Å². The first-order chi connectivity index (χ1) is 13.6. The van der Waals surface area contributed by atoms with Crippen LogP contribution in [0, 0.1) is 0 Å². The monoisotopic (exact) mass is 434 g/mol. The van der Waals surface area contributed by atoms with Crippen molar-refractivity contribution in [2.45, 2.75) is 58.7 Å². The van der Waals surface area contributed by atoms with E-state index in [1.165, 1.54) is 0 Å². The quantitative estimate of drug-likeness (QED) is 0.645. The molecule has 0 heterocycles. The Hall–Kier alpha value is -2.04. The highest BCUT2D eigenvalue weighted by Gasteiger charge is 2.28. The third-order valence-electron chi connectivity index (χ3n) is 4.47. The van der Waals surface area contributed by atoms with E-state index < -0.39 is 6.04 Å². The van der Waals surface area contributed by atoms with Gasteiger partial charge in [-0.05, 0) is 57.4 Å². The van der Waals surface area contributed by atoms with Crippen LogP contribution in [0.5, 0.6) is 0 Å². The second-order valence-corrected chi connectivity index (χ2v) is 8.99. The third-order valence-corrected chi connectivity index (χ3v) is 5.21. The van der Waals surface area contributed by atoms with Crippen LogP contribution in [0.25, 0.3) is 0 Å². The Labute approximate surface area is 183 Å². The molecular weight excluding hydrogens is 407 g/mol. The second-order valence-electron chi connectivity index (χ2n) is 8.17. The topological polar surface area (TPSA) is 49.4 Å². The number of nitrogens with zero attached hydrogens (tertiary/aromatic N) is 1. The van der Waals surface area contributed by atoms with Crippen LogP contribution in [-0.4, -0.2) is 28.3 Å². The first kappa shape index (κ1) is 23.2. The molecule has 2 aromatic rings. The van der Waals surface area contributed by atoms with Gasteiger partial charge in [-0.3, -0.25) is 9.59 Å². The maximum Gasteiger partial charge on any atom is 0.242 e. The van der Waals surface area contributed by atoms with Gasteiger partial charge >= 0.3 is 0 Å². The van der Waals surface area contributed by atoms with Crippen molar-refractivity contribution in [2.75, 3.05) is 0 Å². The van der Waals surface area contributed by atoms with Crippen molar-refractivity contribution >= 4 is 35.0 Å². The van der Waals surface area contributed by atoms with Crippen molar-refractivity contribution in [3.8, 4) is 0 Å². The molecule has 0 bridgehead atoms. The van der Waals surface area contributed by atoms with Gasteiger partial charge in [-0.15, -0.1) is 0 Å². The molecular formula is C23H28Cl2N2O2. The predicted molar refractivity (Wildman–Crippen MR) is 119 cm³/mol. The van der Waals surface area contributed by atoms with Crippen LogP contribution >= 0.6 is 23.2 Å². The molecule has 0 aromatic heterocycles. The molecule has 0 aliphatic carbocycles. The van der Waals surface area contributed by atoms with Gasteiger partial charge in [0.2, 0.25) is 11.8 Å². The number of halogens is 2. The summed E-state index contributed by atoms with van der Waals surface area (Å²) < 4.78 is 0. The minimum atomic E-state index is -0.619. The van der Waals surface area contributed by atoms with Gasteiger partial charge in [0.25, 0.3) is 0 Å². The highest BCUT2D eigenvalue weighted by atomic mass is 35.5. The van der Waals surface area contributed by atoms with Gasteiger partial charge in [-0.1, -0.05) is 59.6 Å². The summed E-state index contributed by atoms with van der Waals surface area (Å²) in [6, 6.07) is 14.5. The molecule has 0 saturated heterocycles. The van der Waals surface area contributed by atoms with Gasteiger partial charge in [-0.25, -0.2) is 0 Å². The maximum absolute atomic E-state index is 13.1. The lowest BCUT2D eigenvalue weighted by Gasteiger charge is -2.31. The van der Waals surface area contributed by atoms with E-state index in [-0.39, 0.29) is 23.9 Å². The molecule has 0 spiro atoms. The molecule has 0 saturated carbocycles. The minimum absolute atomic E-state index is 0.0866. The smallest absolute Gasteiger partial charge is 0.242 e. The summed E-state index contributed by atoms with van der Waals surface area (Å²) in [5.74, 6) is -0.276. The number of carbonyl (C=O) groups is 2. The van der Waals surface area contributed by atoms with Crippen molar-refractivity contribution in [1.82, 2.24) is 10.2 Å². The molecule has 1 atom stereocenters. The summed E-state index contributed by atoms with van der Waals surface area (Å²) in [4.78, 5) is 27.4. The van der Waals surface area contributed by atoms with Crippen LogP contribution in [0.3, 0.4) is 0 Å². The molecule has 0 radical (unpaired) electrons. The fraction of sp³-hybridized carbons (Fsp3) is 0.391. The lowest BCUT2D eigenvalue weighted by molar-refractivity contribution is -0.141. The lowest BCUT2D eigenvalue weighted by Crippen LogP contribution is -2.52. The fourth-order valence-corrected chi connectivity index (χ4v) is 3.25. The van der Waals surface area contributed by atoms with Crippen molar-refractivity contribution in [3.63, 3.8) is 0 Å². The SMILES string of the molecule is CC(C(=O)NC(C)(C)C)N(Cc1ccc(Cl)c(Cl)c1)C(=O)CCc1ccccc1. The zero-order chi connectivity index (χ0) is 21.6. The highest BCUT2D eigenvalue weighted by Crippen LogP contribution is 2.24. The molecule has 4 nitrogen and oxygen atoms in total. The number of rotatable bonds is 7. The zero-order valence-corrected chi connectivity index (χ0v) is 18.8. The Bertz CT molecular complexity index is 848. The fourth-order valence-electron chi connectivity index (χ4n) is 2.93. The Balaban J connectivity index is 2.19. The van der Waals surface area contributed by atoms with Crippen LogP contribution in [0.2, 0.25) is 10.0 Å². The standard InChI is InChI=1S/C23H28Cl2N2O2/c1-16(22(29)26-23(2,3)4)27(15-18-10-12-19(24)20(25)14-18)21(28)13-11-17-8-6-5-7-9-17/h5-10,12,14,16H,11,13,15H2,1-4H3,(H,26,29). The van der Waals surface area contributed by atoms with Crippen LogP contribution in [-0.2, 0) is 22.6 Å². The molecule has 0 aliphatic rings. The first-order valence-electron chi connectivity index (χ1n) is 9.66. The molecule has 2 aromatic carbocycles. The van der Waals surface area contributed by atoms with E-state index in [9.17, 15) is 9.59 Å². The van der Waals surface area contributed by atoms with E-state index in [2.05, 4.69) is 5.32 Å². The van der Waals surface area contributed by atoms with Crippen molar-refractivity contribution < 1.29 is 9.59 Å². The van der Waals surface area contributed by atoms with E-state index in [1.54, 1.807) is 24.0 Å². The summed E-state index contributed by atoms with van der Waals surface area (Å²) in [7, 11) is 0. The molecule has 2 rings (SSSR count). The summed E-state index contributed by atoms with van der Waals surface area (Å²) >= 11 is 12.1. The zero-order valence-electron chi connectivity index (χ0n) is 17.3. The van der Waals surface area contributed by atoms with E-state index in [4.69, 9.17) is 23.2 Å². The Kier molecular flexibility index (Phi) is 8.12. The molecule has 6 heteroatoms. The maximum atomic E-state index is 13.1. The molecule has 29 heavy (non-hydrogen) atoms. The number of aryl methyl sites for hydroxylation is 1. The third kappa shape index (κ3) is 7.37. The highest BCUT2D eigenvalue weighted by molar-refractivity contribution is 6.42. The van der Waals surface area contributed by atoms with E-state index in [1.807, 2.05) is 57.2 Å². The normalized spacial score (nSPS) is 12.3. The van der Waals surface area contributed by atoms with Gasteiger partial charge in [-0.2, -0.15) is 0 Å². The van der Waals surface area contributed by atoms with Gasteiger partial charge in [0.15, 0.2) is 0 Å². The Morgan fingerprint density at radius 1 is 1.00 bits per heavy atom. The number of nitrogens with one attached hydrogen (secondary N) is 1. The van der Waals surface area contributed by atoms with Crippen LogP contribution in [0.4, 0.5) is 0 Å². The molecule has 1 N–H and O–H groups in total. The van der Waals surface area contributed by atoms with Crippen molar-refractivity contribution in [3.05, 3.63) is 69.7 Å². The van der Waals surface area contributed by atoms with Gasteiger partial charge in [0, 0.05) is 18.5 Å². The summed E-state index contributed by atoms with van der Waals surface area (Å²) in [5, 5.41) is 3.83.